The highest BCUT2D eigenvalue weighted by Gasteiger charge is 2.11. The molecule has 0 aliphatic heterocycles. The van der Waals surface area contributed by atoms with Crippen LogP contribution in [0.1, 0.15) is 5.69 Å². The second-order valence-electron chi connectivity index (χ2n) is 3.35. The van der Waals surface area contributed by atoms with Crippen LogP contribution in [-0.4, -0.2) is 14.9 Å². The second-order valence-corrected chi connectivity index (χ2v) is 3.35. The third-order valence-electron chi connectivity index (χ3n) is 2.45. The van der Waals surface area contributed by atoms with Gasteiger partial charge in [0.2, 0.25) is 0 Å². The maximum Gasteiger partial charge on any atom is 0.123 e. The summed E-state index contributed by atoms with van der Waals surface area (Å²) in [7, 11) is 1.84. The van der Waals surface area contributed by atoms with E-state index in [0.29, 0.717) is 6.54 Å². The molecule has 4 nitrogen and oxygen atoms in total. The van der Waals surface area contributed by atoms with Crippen molar-refractivity contribution in [2.45, 2.75) is 6.54 Å². The standard InChI is InChI=1S/C11H13N3O/c1-14-10(6-12)9(7-13-14)8-4-2-3-5-11(8)15/h2-5,7,15H,6,12H2,1H3. The van der Waals surface area contributed by atoms with Gasteiger partial charge < -0.3 is 10.8 Å². The molecule has 0 aliphatic carbocycles. The summed E-state index contributed by atoms with van der Waals surface area (Å²) in [5.41, 5.74) is 8.21. The van der Waals surface area contributed by atoms with Crippen molar-refractivity contribution >= 4 is 0 Å². The SMILES string of the molecule is Cn1ncc(-c2ccccc2O)c1CN. The number of phenolic OH excluding ortho intramolecular Hbond substituents is 1. The molecule has 15 heavy (non-hydrogen) atoms. The normalized spacial score (nSPS) is 10.5. The molecule has 2 rings (SSSR count). The molecule has 0 bridgehead atoms. The van der Waals surface area contributed by atoms with Gasteiger partial charge in [0.25, 0.3) is 0 Å². The van der Waals surface area contributed by atoms with E-state index < -0.39 is 0 Å². The number of hydrogen-bond acceptors (Lipinski definition) is 3. The molecule has 1 heterocycles. The molecule has 0 saturated heterocycles. The monoisotopic (exact) mass is 203 g/mol. The van der Waals surface area contributed by atoms with E-state index in [9.17, 15) is 5.11 Å². The Kier molecular flexibility index (Phi) is 2.43. The van der Waals surface area contributed by atoms with Crippen LogP contribution in [0.25, 0.3) is 11.1 Å². The van der Waals surface area contributed by atoms with Gasteiger partial charge >= 0.3 is 0 Å². The number of para-hydroxylation sites is 1. The van der Waals surface area contributed by atoms with E-state index in [1.165, 1.54) is 0 Å². The number of nitrogens with two attached hydrogens (primary N) is 1. The fourth-order valence-electron chi connectivity index (χ4n) is 1.63. The fourth-order valence-corrected chi connectivity index (χ4v) is 1.63. The number of hydrogen-bond donors (Lipinski definition) is 2. The minimum absolute atomic E-state index is 0.250. The highest BCUT2D eigenvalue weighted by atomic mass is 16.3. The third-order valence-corrected chi connectivity index (χ3v) is 2.45. The van der Waals surface area contributed by atoms with Gasteiger partial charge in [-0.1, -0.05) is 18.2 Å². The smallest absolute Gasteiger partial charge is 0.123 e. The summed E-state index contributed by atoms with van der Waals surface area (Å²) in [4.78, 5) is 0. The molecule has 1 aromatic carbocycles. The van der Waals surface area contributed by atoms with E-state index >= 15 is 0 Å². The average molecular weight is 203 g/mol. The molecule has 0 unspecified atom stereocenters. The highest BCUT2D eigenvalue weighted by molar-refractivity contribution is 5.71. The van der Waals surface area contributed by atoms with Crippen LogP contribution in [0.15, 0.2) is 30.5 Å². The average Bonchev–Trinajstić information content (AvgIpc) is 2.60. The molecule has 0 atom stereocenters. The zero-order valence-corrected chi connectivity index (χ0v) is 8.51. The number of aromatic hydroxyl groups is 1. The molecule has 0 saturated carbocycles. The molecule has 0 aliphatic rings. The van der Waals surface area contributed by atoms with E-state index in [0.717, 1.165) is 16.8 Å². The molecule has 4 heteroatoms. The van der Waals surface area contributed by atoms with E-state index in [1.54, 1.807) is 23.0 Å². The van der Waals surface area contributed by atoms with E-state index in [1.807, 2.05) is 19.2 Å². The molecular weight excluding hydrogens is 190 g/mol. The molecule has 3 N–H and O–H groups in total. The van der Waals surface area contributed by atoms with Crippen LogP contribution in [0.3, 0.4) is 0 Å². The zero-order valence-electron chi connectivity index (χ0n) is 8.51. The largest absolute Gasteiger partial charge is 0.507 e. The van der Waals surface area contributed by atoms with E-state index in [2.05, 4.69) is 5.10 Å². The summed E-state index contributed by atoms with van der Waals surface area (Å²) >= 11 is 0. The van der Waals surface area contributed by atoms with E-state index in [-0.39, 0.29) is 5.75 Å². The van der Waals surface area contributed by atoms with Crippen molar-refractivity contribution in [3.8, 4) is 16.9 Å². The van der Waals surface area contributed by atoms with Crippen molar-refractivity contribution in [2.24, 2.45) is 12.8 Å². The molecule has 0 radical (unpaired) electrons. The maximum absolute atomic E-state index is 9.72. The van der Waals surface area contributed by atoms with Gasteiger partial charge in [-0.3, -0.25) is 4.68 Å². The van der Waals surface area contributed by atoms with Crippen LogP contribution >= 0.6 is 0 Å². The Morgan fingerprint density at radius 1 is 1.33 bits per heavy atom. The highest BCUT2D eigenvalue weighted by Crippen LogP contribution is 2.30. The number of benzene rings is 1. The lowest BCUT2D eigenvalue weighted by Crippen LogP contribution is -2.05. The van der Waals surface area contributed by atoms with Crippen LogP contribution in [0.2, 0.25) is 0 Å². The Labute approximate surface area is 88.0 Å². The molecule has 1 aromatic heterocycles. The summed E-state index contributed by atoms with van der Waals surface area (Å²) in [5.74, 6) is 0.250. The Hall–Kier alpha value is -1.81. The lowest BCUT2D eigenvalue weighted by molar-refractivity contribution is 0.477. The lowest BCUT2D eigenvalue weighted by atomic mass is 10.1. The van der Waals surface area contributed by atoms with Gasteiger partial charge in [0.1, 0.15) is 5.75 Å². The minimum atomic E-state index is 0.250. The summed E-state index contributed by atoms with van der Waals surface area (Å²) in [6, 6.07) is 7.17. The number of rotatable bonds is 2. The maximum atomic E-state index is 9.72. The summed E-state index contributed by atoms with van der Waals surface area (Å²) in [6.07, 6.45) is 1.72. The predicted octanol–water partition coefficient (Wildman–Crippen LogP) is 1.25. The van der Waals surface area contributed by atoms with Crippen molar-refractivity contribution in [3.63, 3.8) is 0 Å². The van der Waals surface area contributed by atoms with Crippen LogP contribution in [0, 0.1) is 0 Å². The zero-order chi connectivity index (χ0) is 10.8. The summed E-state index contributed by atoms with van der Waals surface area (Å²) in [5, 5.41) is 13.8. The van der Waals surface area contributed by atoms with Gasteiger partial charge in [-0.2, -0.15) is 5.10 Å². The number of aryl methyl sites for hydroxylation is 1. The van der Waals surface area contributed by atoms with Crippen LogP contribution in [0.5, 0.6) is 5.75 Å². The first-order valence-corrected chi connectivity index (χ1v) is 4.73. The van der Waals surface area contributed by atoms with Crippen molar-refractivity contribution in [2.75, 3.05) is 0 Å². The number of nitrogens with zero attached hydrogens (tertiary/aromatic N) is 2. The Bertz CT molecular complexity index is 476. The predicted molar refractivity (Wildman–Crippen MR) is 58.2 cm³/mol. The second kappa shape index (κ2) is 3.74. The van der Waals surface area contributed by atoms with Crippen LogP contribution < -0.4 is 5.73 Å². The molecule has 0 fully saturated rings. The first-order valence-electron chi connectivity index (χ1n) is 4.73. The van der Waals surface area contributed by atoms with Crippen LogP contribution in [0.4, 0.5) is 0 Å². The third kappa shape index (κ3) is 1.59. The van der Waals surface area contributed by atoms with Crippen molar-refractivity contribution < 1.29 is 5.11 Å². The minimum Gasteiger partial charge on any atom is -0.507 e. The molecule has 2 aromatic rings. The molecule has 0 amide bonds. The quantitative estimate of drug-likeness (QED) is 0.772. The fraction of sp³-hybridized carbons (Fsp3) is 0.182. The van der Waals surface area contributed by atoms with Gasteiger partial charge in [0, 0.05) is 24.7 Å². The Morgan fingerprint density at radius 2 is 2.07 bits per heavy atom. The van der Waals surface area contributed by atoms with Gasteiger partial charge in [0.05, 0.1) is 11.9 Å². The lowest BCUT2D eigenvalue weighted by Gasteiger charge is -2.05. The summed E-state index contributed by atoms with van der Waals surface area (Å²) < 4.78 is 1.72. The van der Waals surface area contributed by atoms with Crippen LogP contribution in [-0.2, 0) is 13.6 Å². The van der Waals surface area contributed by atoms with Gasteiger partial charge in [-0.05, 0) is 6.07 Å². The van der Waals surface area contributed by atoms with Gasteiger partial charge in [0.15, 0.2) is 0 Å². The van der Waals surface area contributed by atoms with Crippen molar-refractivity contribution in [3.05, 3.63) is 36.2 Å². The first kappa shape index (κ1) is 9.73. The van der Waals surface area contributed by atoms with Gasteiger partial charge in [-0.25, -0.2) is 0 Å². The van der Waals surface area contributed by atoms with Gasteiger partial charge in [-0.15, -0.1) is 0 Å². The van der Waals surface area contributed by atoms with Crippen molar-refractivity contribution in [1.29, 1.82) is 0 Å². The number of aromatic nitrogens is 2. The molecular formula is C11H13N3O. The first-order chi connectivity index (χ1) is 7.24. The summed E-state index contributed by atoms with van der Waals surface area (Å²) in [6.45, 7) is 0.403. The number of phenols is 1. The molecule has 0 spiro atoms. The Balaban J connectivity index is 2.59. The molecule has 78 valence electrons. The Morgan fingerprint density at radius 3 is 2.73 bits per heavy atom. The van der Waals surface area contributed by atoms with E-state index in [4.69, 9.17) is 5.73 Å². The topological polar surface area (TPSA) is 64.1 Å². The van der Waals surface area contributed by atoms with Crippen molar-refractivity contribution in [1.82, 2.24) is 9.78 Å².